The monoisotopic (exact) mass is 444 g/mol. The molecule has 0 radical (unpaired) electrons. The van der Waals surface area contributed by atoms with Crippen LogP contribution in [-0.4, -0.2) is 46.4 Å². The van der Waals surface area contributed by atoms with Gasteiger partial charge in [0, 0.05) is 5.02 Å². The average Bonchev–Trinajstić information content (AvgIpc) is 2.64. The van der Waals surface area contributed by atoms with E-state index >= 15 is 0 Å². The number of carbonyl (C=O) groups is 1. The molecule has 10 heteroatoms. The first-order chi connectivity index (χ1) is 13.3. The van der Waals surface area contributed by atoms with Gasteiger partial charge in [0.25, 0.3) is 5.91 Å². The summed E-state index contributed by atoms with van der Waals surface area (Å²) in [5, 5.41) is 3.52. The molecule has 3 rings (SSSR count). The van der Waals surface area contributed by atoms with Gasteiger partial charge >= 0.3 is 0 Å². The number of sulfonamides is 1. The zero-order chi connectivity index (χ0) is 20.3. The summed E-state index contributed by atoms with van der Waals surface area (Å²) in [6, 6.07) is 11.6. The van der Waals surface area contributed by atoms with Crippen LogP contribution in [0.25, 0.3) is 0 Å². The Bertz CT molecular complexity index is 984. The number of nitrogens with one attached hydrogen (secondary N) is 1. The van der Waals surface area contributed by atoms with Crippen molar-refractivity contribution in [2.75, 3.05) is 30.3 Å². The van der Waals surface area contributed by atoms with E-state index in [1.165, 1.54) is 12.1 Å². The van der Waals surface area contributed by atoms with Gasteiger partial charge in [-0.2, -0.15) is 0 Å². The van der Waals surface area contributed by atoms with Crippen molar-refractivity contribution in [1.29, 1.82) is 0 Å². The van der Waals surface area contributed by atoms with E-state index in [0.29, 0.717) is 21.5 Å². The minimum absolute atomic E-state index is 0.149. The number of rotatable bonds is 6. The zero-order valence-electron chi connectivity index (χ0n) is 14.9. The fourth-order valence-electron chi connectivity index (χ4n) is 2.69. The number of halogens is 2. The first-order valence-corrected chi connectivity index (χ1v) is 10.9. The van der Waals surface area contributed by atoms with Crippen LogP contribution in [0.4, 0.5) is 5.69 Å². The molecule has 1 heterocycles. The number of benzene rings is 2. The Morgan fingerprint density at radius 2 is 2.04 bits per heavy atom. The number of amides is 1. The third-order valence-corrected chi connectivity index (χ3v) is 5.67. The molecule has 0 spiro atoms. The Morgan fingerprint density at radius 3 is 2.75 bits per heavy atom. The molecular formula is C18H18Cl2N2O5S. The third kappa shape index (κ3) is 4.81. The molecule has 0 saturated carbocycles. The molecule has 7 nitrogen and oxygen atoms in total. The van der Waals surface area contributed by atoms with Crippen LogP contribution in [0.2, 0.25) is 10.0 Å². The highest BCUT2D eigenvalue weighted by molar-refractivity contribution is 7.92. The van der Waals surface area contributed by atoms with E-state index in [9.17, 15) is 13.2 Å². The molecule has 0 aromatic heterocycles. The van der Waals surface area contributed by atoms with Gasteiger partial charge in [-0.3, -0.25) is 9.10 Å². The molecule has 0 saturated heterocycles. The maximum atomic E-state index is 12.5. The molecule has 2 aromatic carbocycles. The maximum Gasteiger partial charge on any atom is 0.263 e. The van der Waals surface area contributed by atoms with E-state index in [1.54, 1.807) is 30.3 Å². The largest absolute Gasteiger partial charge is 0.490 e. The van der Waals surface area contributed by atoms with Gasteiger partial charge in [0.1, 0.15) is 18.1 Å². The maximum absolute atomic E-state index is 12.5. The lowest BCUT2D eigenvalue weighted by atomic mass is 10.2. The average molecular weight is 445 g/mol. The standard InChI is InChI=1S/C18H18Cl2N2O5S/c1-28(24,25)22-11-17(27-16-7-6-12(19)10-14(16)22)18(23)21-8-9-26-15-5-3-2-4-13(15)20/h2-7,10,17H,8-9,11H2,1H3,(H,21,23)/t17-/m1/s1. The normalized spacial score (nSPS) is 16.1. The molecule has 0 fully saturated rings. The van der Waals surface area contributed by atoms with Crippen LogP contribution in [0.15, 0.2) is 42.5 Å². The molecule has 1 amide bonds. The Balaban J connectivity index is 1.63. The van der Waals surface area contributed by atoms with Crippen LogP contribution in [0.3, 0.4) is 0 Å². The summed E-state index contributed by atoms with van der Waals surface area (Å²) in [7, 11) is -3.61. The second-order valence-electron chi connectivity index (χ2n) is 6.08. The van der Waals surface area contributed by atoms with Gasteiger partial charge in [-0.25, -0.2) is 8.42 Å². The van der Waals surface area contributed by atoms with Crippen molar-refractivity contribution >= 4 is 44.8 Å². The van der Waals surface area contributed by atoms with Crippen LogP contribution >= 0.6 is 23.2 Å². The summed E-state index contributed by atoms with van der Waals surface area (Å²) < 4.78 is 36.6. The lowest BCUT2D eigenvalue weighted by Gasteiger charge is -2.34. The molecule has 0 unspecified atom stereocenters. The molecule has 28 heavy (non-hydrogen) atoms. The first kappa shape index (κ1) is 20.6. The number of carbonyl (C=O) groups excluding carboxylic acids is 1. The summed E-state index contributed by atoms with van der Waals surface area (Å²) in [5.74, 6) is 0.340. The van der Waals surface area contributed by atoms with Gasteiger partial charge in [0.2, 0.25) is 10.0 Å². The Labute approximate surface area is 173 Å². The predicted molar refractivity (Wildman–Crippen MR) is 108 cm³/mol. The van der Waals surface area contributed by atoms with E-state index in [4.69, 9.17) is 32.7 Å². The summed E-state index contributed by atoms with van der Waals surface area (Å²) in [5.41, 5.74) is 0.307. The number of para-hydroxylation sites is 1. The molecule has 1 aliphatic rings. The molecule has 150 valence electrons. The third-order valence-electron chi connectivity index (χ3n) is 3.98. The Morgan fingerprint density at radius 1 is 1.29 bits per heavy atom. The van der Waals surface area contributed by atoms with Gasteiger partial charge in [0.05, 0.1) is 30.1 Å². The fraction of sp³-hybridized carbons (Fsp3) is 0.278. The molecule has 0 aliphatic carbocycles. The highest BCUT2D eigenvalue weighted by Crippen LogP contribution is 2.37. The van der Waals surface area contributed by atoms with Gasteiger partial charge in [-0.05, 0) is 30.3 Å². The van der Waals surface area contributed by atoms with Crippen molar-refractivity contribution in [3.63, 3.8) is 0 Å². The van der Waals surface area contributed by atoms with Crippen molar-refractivity contribution in [3.8, 4) is 11.5 Å². The number of fused-ring (bicyclic) bond motifs is 1. The summed E-state index contributed by atoms with van der Waals surface area (Å²) >= 11 is 12.0. The zero-order valence-corrected chi connectivity index (χ0v) is 17.2. The topological polar surface area (TPSA) is 84.9 Å². The molecular weight excluding hydrogens is 427 g/mol. The van der Waals surface area contributed by atoms with Crippen LogP contribution in [0.5, 0.6) is 11.5 Å². The Hall–Kier alpha value is -2.16. The van der Waals surface area contributed by atoms with Crippen LogP contribution < -0.4 is 19.1 Å². The van der Waals surface area contributed by atoms with E-state index in [2.05, 4.69) is 5.32 Å². The second-order valence-corrected chi connectivity index (χ2v) is 8.83. The smallest absolute Gasteiger partial charge is 0.263 e. The molecule has 1 atom stereocenters. The highest BCUT2D eigenvalue weighted by atomic mass is 35.5. The minimum atomic E-state index is -3.61. The Kier molecular flexibility index (Phi) is 6.22. The summed E-state index contributed by atoms with van der Waals surface area (Å²) in [4.78, 5) is 12.5. The van der Waals surface area contributed by atoms with Crippen molar-refractivity contribution in [1.82, 2.24) is 5.32 Å². The molecule has 1 N–H and O–H groups in total. The van der Waals surface area contributed by atoms with Crippen molar-refractivity contribution in [2.24, 2.45) is 0 Å². The van der Waals surface area contributed by atoms with E-state index in [0.717, 1.165) is 10.6 Å². The van der Waals surface area contributed by atoms with E-state index in [-0.39, 0.29) is 25.4 Å². The summed E-state index contributed by atoms with van der Waals surface area (Å²) in [6.07, 6.45) is 0.0683. The predicted octanol–water partition coefficient (Wildman–Crippen LogP) is 2.72. The van der Waals surface area contributed by atoms with Crippen LogP contribution in [0, 0.1) is 0 Å². The highest BCUT2D eigenvalue weighted by Gasteiger charge is 2.35. The van der Waals surface area contributed by atoms with E-state index < -0.39 is 22.0 Å². The first-order valence-electron chi connectivity index (χ1n) is 8.34. The van der Waals surface area contributed by atoms with Crippen molar-refractivity contribution in [2.45, 2.75) is 6.10 Å². The van der Waals surface area contributed by atoms with Gasteiger partial charge in [-0.15, -0.1) is 0 Å². The quantitative estimate of drug-likeness (QED) is 0.692. The number of ether oxygens (including phenoxy) is 2. The number of hydrogen-bond donors (Lipinski definition) is 1. The van der Waals surface area contributed by atoms with Crippen LogP contribution in [0.1, 0.15) is 0 Å². The van der Waals surface area contributed by atoms with Gasteiger partial charge in [-0.1, -0.05) is 35.3 Å². The van der Waals surface area contributed by atoms with E-state index in [1.807, 2.05) is 0 Å². The lowest BCUT2D eigenvalue weighted by molar-refractivity contribution is -0.127. The van der Waals surface area contributed by atoms with Gasteiger partial charge < -0.3 is 14.8 Å². The number of nitrogens with zero attached hydrogens (tertiary/aromatic N) is 1. The van der Waals surface area contributed by atoms with Crippen molar-refractivity contribution in [3.05, 3.63) is 52.5 Å². The summed E-state index contributed by atoms with van der Waals surface area (Å²) in [6.45, 7) is 0.254. The van der Waals surface area contributed by atoms with Gasteiger partial charge in [0.15, 0.2) is 6.10 Å². The minimum Gasteiger partial charge on any atom is -0.490 e. The fourth-order valence-corrected chi connectivity index (χ4v) is 3.95. The molecule has 1 aliphatic heterocycles. The lowest BCUT2D eigenvalue weighted by Crippen LogP contribution is -2.51. The number of anilines is 1. The van der Waals surface area contributed by atoms with Crippen LogP contribution in [-0.2, 0) is 14.8 Å². The second kappa shape index (κ2) is 8.46. The SMILES string of the molecule is CS(=O)(=O)N1C[C@H](C(=O)NCCOc2ccccc2Cl)Oc2ccc(Cl)cc21. The molecule has 0 bridgehead atoms. The number of hydrogen-bond acceptors (Lipinski definition) is 5. The molecule has 2 aromatic rings. The van der Waals surface area contributed by atoms with Crippen molar-refractivity contribution < 1.29 is 22.7 Å².